The summed E-state index contributed by atoms with van der Waals surface area (Å²) in [6.07, 6.45) is 3.07. The van der Waals surface area contributed by atoms with Crippen LogP contribution in [0.1, 0.15) is 19.4 Å². The summed E-state index contributed by atoms with van der Waals surface area (Å²) in [5.74, 6) is -0.965. The fraction of sp³-hybridized carbons (Fsp3) is 0.471. The lowest BCUT2D eigenvalue weighted by Gasteiger charge is -2.31. The van der Waals surface area contributed by atoms with Crippen molar-refractivity contribution < 1.29 is 17.9 Å². The number of benzene rings is 1. The summed E-state index contributed by atoms with van der Waals surface area (Å²) < 4.78 is 31.7. The second-order valence-electron chi connectivity index (χ2n) is 5.71. The van der Waals surface area contributed by atoms with Gasteiger partial charge >= 0.3 is 5.97 Å². The number of sulfonamides is 1. The summed E-state index contributed by atoms with van der Waals surface area (Å²) in [5, 5.41) is 2.76. The molecule has 1 N–H and O–H groups in total. The van der Waals surface area contributed by atoms with E-state index in [1.165, 1.54) is 17.5 Å². The van der Waals surface area contributed by atoms with E-state index in [1.54, 1.807) is 27.1 Å². The van der Waals surface area contributed by atoms with Crippen LogP contribution >= 0.6 is 0 Å². The zero-order valence-corrected chi connectivity index (χ0v) is 15.4. The quantitative estimate of drug-likeness (QED) is 0.684. The highest BCUT2D eigenvalue weighted by Gasteiger charge is 2.37. The van der Waals surface area contributed by atoms with Gasteiger partial charge in [0.15, 0.2) is 0 Å². The predicted molar refractivity (Wildman–Crippen MR) is 94.6 cm³/mol. The molecule has 0 aliphatic heterocycles. The topological polar surface area (TPSA) is 75.7 Å². The number of nitrogens with zero attached hydrogens (tertiary/aromatic N) is 1. The number of hydrogen-bond donors (Lipinski definition) is 1. The fourth-order valence-electron chi connectivity index (χ4n) is 2.36. The van der Waals surface area contributed by atoms with E-state index >= 15 is 0 Å². The Hall–Kier alpha value is -1.86. The molecule has 6 nitrogen and oxygen atoms in total. The van der Waals surface area contributed by atoms with Crippen LogP contribution in [0.25, 0.3) is 0 Å². The van der Waals surface area contributed by atoms with Gasteiger partial charge in [0.05, 0.1) is 12.9 Å². The highest BCUT2D eigenvalue weighted by molar-refractivity contribution is 7.89. The third-order valence-corrected chi connectivity index (χ3v) is 5.20. The minimum atomic E-state index is -3.69. The van der Waals surface area contributed by atoms with E-state index in [2.05, 4.69) is 5.32 Å². The van der Waals surface area contributed by atoms with E-state index < -0.39 is 22.0 Å². The second kappa shape index (κ2) is 9.44. The summed E-state index contributed by atoms with van der Waals surface area (Å²) in [7, 11) is -0.726. The fourth-order valence-corrected chi connectivity index (χ4v) is 3.91. The van der Waals surface area contributed by atoms with Crippen LogP contribution in [-0.4, -0.2) is 44.6 Å². The van der Waals surface area contributed by atoms with Gasteiger partial charge in [-0.1, -0.05) is 50.3 Å². The average molecular weight is 354 g/mol. The van der Waals surface area contributed by atoms with Crippen LogP contribution < -0.4 is 5.32 Å². The molecule has 0 saturated heterocycles. The molecule has 0 radical (unpaired) electrons. The third-order valence-electron chi connectivity index (χ3n) is 3.51. The van der Waals surface area contributed by atoms with Crippen molar-refractivity contribution in [1.82, 2.24) is 9.62 Å². The number of carbonyl (C=O) groups excluding carboxylic acids is 1. The van der Waals surface area contributed by atoms with Gasteiger partial charge in [0.25, 0.3) is 0 Å². The van der Waals surface area contributed by atoms with Crippen molar-refractivity contribution in [2.45, 2.75) is 26.4 Å². The Kier molecular flexibility index (Phi) is 7.94. The van der Waals surface area contributed by atoms with E-state index in [-0.39, 0.29) is 18.2 Å². The van der Waals surface area contributed by atoms with Crippen LogP contribution in [0, 0.1) is 5.92 Å². The summed E-state index contributed by atoms with van der Waals surface area (Å²) in [6.45, 7) is 3.73. The number of ether oxygens (including phenoxy) is 1. The smallest absolute Gasteiger partial charge is 0.324 e. The molecular weight excluding hydrogens is 328 g/mol. The zero-order valence-electron chi connectivity index (χ0n) is 14.6. The first kappa shape index (κ1) is 20.2. The van der Waals surface area contributed by atoms with Gasteiger partial charge in [-0.2, -0.15) is 4.31 Å². The lowest BCUT2D eigenvalue weighted by molar-refractivity contribution is -0.146. The van der Waals surface area contributed by atoms with Crippen molar-refractivity contribution in [2.24, 2.45) is 5.92 Å². The molecule has 0 fully saturated rings. The van der Waals surface area contributed by atoms with Crippen molar-refractivity contribution in [3.63, 3.8) is 0 Å². The normalized spacial score (nSPS) is 13.4. The highest BCUT2D eigenvalue weighted by Crippen LogP contribution is 2.21. The molecule has 134 valence electrons. The number of carbonyl (C=O) groups is 1. The zero-order chi connectivity index (χ0) is 18.2. The molecule has 24 heavy (non-hydrogen) atoms. The van der Waals surface area contributed by atoms with Gasteiger partial charge in [-0.05, 0) is 17.7 Å². The van der Waals surface area contributed by atoms with E-state index in [1.807, 2.05) is 30.3 Å². The molecule has 7 heteroatoms. The lowest BCUT2D eigenvalue weighted by Crippen LogP contribution is -2.48. The molecule has 1 atom stereocenters. The van der Waals surface area contributed by atoms with E-state index in [0.717, 1.165) is 5.56 Å². The number of hydrogen-bond acceptors (Lipinski definition) is 5. The number of esters is 1. The SMILES string of the molecule is CNC=CCS(=O)(=O)N(Cc1ccccc1)C(C(=O)OC)C(C)C. The summed E-state index contributed by atoms with van der Waals surface area (Å²) in [5.41, 5.74) is 0.813. The first-order valence-corrected chi connectivity index (χ1v) is 9.38. The maximum absolute atomic E-state index is 12.8. The first-order valence-electron chi connectivity index (χ1n) is 7.77. The largest absolute Gasteiger partial charge is 0.468 e. The van der Waals surface area contributed by atoms with Crippen molar-refractivity contribution >= 4 is 16.0 Å². The van der Waals surface area contributed by atoms with Crippen molar-refractivity contribution in [3.05, 3.63) is 48.2 Å². The van der Waals surface area contributed by atoms with Crippen LogP contribution in [0.2, 0.25) is 0 Å². The molecule has 1 aromatic carbocycles. The molecule has 0 saturated carbocycles. The number of rotatable bonds is 9. The maximum Gasteiger partial charge on any atom is 0.324 e. The molecule has 1 unspecified atom stereocenters. The van der Waals surface area contributed by atoms with Crippen molar-refractivity contribution in [1.29, 1.82) is 0 Å². The third kappa shape index (κ3) is 5.65. The molecule has 0 heterocycles. The Morgan fingerprint density at radius 3 is 2.42 bits per heavy atom. The van der Waals surface area contributed by atoms with Crippen molar-refractivity contribution in [2.75, 3.05) is 19.9 Å². The monoisotopic (exact) mass is 354 g/mol. The summed E-state index contributed by atoms with van der Waals surface area (Å²) in [6, 6.07) is 8.33. The van der Waals surface area contributed by atoms with Gasteiger partial charge in [-0.25, -0.2) is 8.42 Å². The molecule has 1 aromatic rings. The Morgan fingerprint density at radius 2 is 1.92 bits per heavy atom. The van der Waals surface area contributed by atoms with Gasteiger partial charge in [-0.15, -0.1) is 0 Å². The van der Waals surface area contributed by atoms with Gasteiger partial charge in [-0.3, -0.25) is 4.79 Å². The Balaban J connectivity index is 3.23. The van der Waals surface area contributed by atoms with Gasteiger partial charge in [0.2, 0.25) is 10.0 Å². The Bertz CT molecular complexity index is 642. The number of nitrogens with one attached hydrogen (secondary N) is 1. The van der Waals surface area contributed by atoms with Crippen LogP contribution in [0.3, 0.4) is 0 Å². The van der Waals surface area contributed by atoms with Gasteiger partial charge in [0, 0.05) is 13.6 Å². The molecule has 0 aliphatic carbocycles. The maximum atomic E-state index is 12.8. The second-order valence-corrected chi connectivity index (χ2v) is 7.68. The molecule has 0 aromatic heterocycles. The molecular formula is C17H26N2O4S. The van der Waals surface area contributed by atoms with Gasteiger partial charge in [0.1, 0.15) is 6.04 Å². The Labute approximate surface area is 144 Å². The number of methoxy groups -OCH3 is 1. The van der Waals surface area contributed by atoms with Crippen LogP contribution in [0.15, 0.2) is 42.6 Å². The molecule has 1 rings (SSSR count). The van der Waals surface area contributed by atoms with Crippen LogP contribution in [0.5, 0.6) is 0 Å². The minimum Gasteiger partial charge on any atom is -0.468 e. The van der Waals surface area contributed by atoms with E-state index in [0.29, 0.717) is 0 Å². The highest BCUT2D eigenvalue weighted by atomic mass is 32.2. The molecule has 0 amide bonds. The van der Waals surface area contributed by atoms with Crippen LogP contribution in [0.4, 0.5) is 0 Å². The predicted octanol–water partition coefficient (Wildman–Crippen LogP) is 1.75. The molecule has 0 aliphatic rings. The van der Waals surface area contributed by atoms with Crippen molar-refractivity contribution in [3.8, 4) is 0 Å². The summed E-state index contributed by atoms with van der Waals surface area (Å²) >= 11 is 0. The van der Waals surface area contributed by atoms with E-state index in [4.69, 9.17) is 4.74 Å². The molecule has 0 spiro atoms. The Morgan fingerprint density at radius 1 is 1.29 bits per heavy atom. The van der Waals surface area contributed by atoms with Gasteiger partial charge < -0.3 is 10.1 Å². The van der Waals surface area contributed by atoms with Crippen LogP contribution in [-0.2, 0) is 26.1 Å². The average Bonchev–Trinajstić information content (AvgIpc) is 2.54. The van der Waals surface area contributed by atoms with E-state index in [9.17, 15) is 13.2 Å². The molecule has 0 bridgehead atoms. The standard InChI is InChI=1S/C17H26N2O4S/c1-14(2)16(17(20)23-4)19(13-15-9-6-5-7-10-15)24(21,22)12-8-11-18-3/h5-11,14,16,18H,12-13H2,1-4H3. The minimum absolute atomic E-state index is 0.120. The lowest BCUT2D eigenvalue weighted by atomic mass is 10.0. The summed E-state index contributed by atoms with van der Waals surface area (Å²) in [4.78, 5) is 12.2. The first-order chi connectivity index (χ1) is 11.3.